The molecule has 2 nitrogen and oxygen atoms in total. The molecule has 1 heterocycles. The minimum absolute atomic E-state index is 0.411. The summed E-state index contributed by atoms with van der Waals surface area (Å²) in [5.41, 5.74) is 1.11. The van der Waals surface area contributed by atoms with Crippen LogP contribution >= 0.6 is 23.2 Å². The summed E-state index contributed by atoms with van der Waals surface area (Å²) < 4.78 is 5.48. The molecule has 0 amide bonds. The topological polar surface area (TPSA) is 21.3 Å². The molecule has 0 radical (unpaired) electrons. The first-order valence-corrected chi connectivity index (χ1v) is 7.21. The van der Waals surface area contributed by atoms with Crippen LogP contribution < -0.4 is 5.32 Å². The second-order valence-corrected chi connectivity index (χ2v) is 5.57. The summed E-state index contributed by atoms with van der Waals surface area (Å²) in [6, 6.07) is 6.07. The number of ether oxygens (including phenoxy) is 1. The summed E-state index contributed by atoms with van der Waals surface area (Å²) in [6.45, 7) is 4.80. The Morgan fingerprint density at radius 1 is 1.44 bits per heavy atom. The van der Waals surface area contributed by atoms with Gasteiger partial charge in [-0.25, -0.2) is 0 Å². The van der Waals surface area contributed by atoms with Gasteiger partial charge in [-0.3, -0.25) is 0 Å². The van der Waals surface area contributed by atoms with Crippen LogP contribution in [-0.4, -0.2) is 25.8 Å². The molecule has 18 heavy (non-hydrogen) atoms. The largest absolute Gasteiger partial charge is 0.381 e. The van der Waals surface area contributed by atoms with Crippen LogP contribution in [0, 0.1) is 5.92 Å². The van der Waals surface area contributed by atoms with Crippen LogP contribution in [0.2, 0.25) is 10.0 Å². The maximum absolute atomic E-state index is 6.23. The fourth-order valence-electron chi connectivity index (χ4n) is 2.47. The first-order valence-electron chi connectivity index (χ1n) is 6.45. The second kappa shape index (κ2) is 6.76. The Morgan fingerprint density at radius 2 is 2.28 bits per heavy atom. The maximum Gasteiger partial charge on any atom is 0.0510 e. The molecule has 0 spiro atoms. The maximum atomic E-state index is 6.23. The molecule has 100 valence electrons. The van der Waals surface area contributed by atoms with E-state index >= 15 is 0 Å². The third-order valence-corrected chi connectivity index (χ3v) is 4.05. The van der Waals surface area contributed by atoms with Crippen molar-refractivity contribution in [3.05, 3.63) is 33.8 Å². The average Bonchev–Trinajstić information content (AvgIpc) is 2.87. The van der Waals surface area contributed by atoms with Crippen molar-refractivity contribution in [1.29, 1.82) is 0 Å². The summed E-state index contributed by atoms with van der Waals surface area (Å²) >= 11 is 12.3. The van der Waals surface area contributed by atoms with Crippen molar-refractivity contribution in [3.8, 4) is 0 Å². The summed E-state index contributed by atoms with van der Waals surface area (Å²) in [4.78, 5) is 0. The molecular formula is C14H19Cl2NO. The van der Waals surface area contributed by atoms with Gasteiger partial charge in [-0.15, -0.1) is 0 Å². The Labute approximate surface area is 119 Å². The summed E-state index contributed by atoms with van der Waals surface area (Å²) in [5, 5.41) is 5.07. The Morgan fingerprint density at radius 3 is 2.94 bits per heavy atom. The highest BCUT2D eigenvalue weighted by Crippen LogP contribution is 2.25. The Bertz CT molecular complexity index is 391. The van der Waals surface area contributed by atoms with Gasteiger partial charge in [0, 0.05) is 28.6 Å². The van der Waals surface area contributed by atoms with Crippen LogP contribution in [0.15, 0.2) is 18.2 Å². The predicted octanol–water partition coefficient (Wildman–Crippen LogP) is 3.55. The second-order valence-electron chi connectivity index (χ2n) is 4.73. The molecule has 0 aromatic heterocycles. The van der Waals surface area contributed by atoms with E-state index in [0.29, 0.717) is 12.0 Å². The van der Waals surface area contributed by atoms with Crippen molar-refractivity contribution in [2.75, 3.05) is 19.8 Å². The molecule has 1 aromatic rings. The zero-order chi connectivity index (χ0) is 13.0. The van der Waals surface area contributed by atoms with E-state index in [0.717, 1.165) is 48.2 Å². The van der Waals surface area contributed by atoms with Gasteiger partial charge in [0.05, 0.1) is 6.61 Å². The lowest BCUT2D eigenvalue weighted by molar-refractivity contribution is 0.176. The van der Waals surface area contributed by atoms with E-state index in [1.807, 2.05) is 18.2 Å². The van der Waals surface area contributed by atoms with Gasteiger partial charge in [-0.1, -0.05) is 30.1 Å². The molecule has 0 bridgehead atoms. The standard InChI is InChI=1S/C14H19Cl2NO/c1-2-17-14(10-5-6-18-9-10)8-11-7-12(15)3-4-13(11)16/h3-4,7,10,14,17H,2,5-6,8-9H2,1H3. The normalized spacial score (nSPS) is 21.2. The van der Waals surface area contributed by atoms with Gasteiger partial charge in [0.2, 0.25) is 0 Å². The van der Waals surface area contributed by atoms with E-state index in [9.17, 15) is 0 Å². The van der Waals surface area contributed by atoms with Crippen LogP contribution in [0.3, 0.4) is 0 Å². The summed E-state index contributed by atoms with van der Waals surface area (Å²) in [7, 11) is 0. The van der Waals surface area contributed by atoms with Crippen molar-refractivity contribution in [1.82, 2.24) is 5.32 Å². The number of benzene rings is 1. The summed E-state index contributed by atoms with van der Waals surface area (Å²) in [6.07, 6.45) is 2.02. The van der Waals surface area contributed by atoms with Crippen molar-refractivity contribution in [2.45, 2.75) is 25.8 Å². The first kappa shape index (κ1) is 14.1. The zero-order valence-corrected chi connectivity index (χ0v) is 12.1. The first-order chi connectivity index (χ1) is 8.70. The summed E-state index contributed by atoms with van der Waals surface area (Å²) in [5.74, 6) is 0.569. The van der Waals surface area contributed by atoms with E-state index in [1.54, 1.807) is 0 Å². The van der Waals surface area contributed by atoms with Gasteiger partial charge in [0.15, 0.2) is 0 Å². The van der Waals surface area contributed by atoms with Crippen LogP contribution in [-0.2, 0) is 11.2 Å². The van der Waals surface area contributed by atoms with Crippen LogP contribution in [0.4, 0.5) is 0 Å². The van der Waals surface area contributed by atoms with Crippen LogP contribution in [0.1, 0.15) is 18.9 Å². The highest BCUT2D eigenvalue weighted by Gasteiger charge is 2.25. The number of rotatable bonds is 5. The smallest absolute Gasteiger partial charge is 0.0510 e. The van der Waals surface area contributed by atoms with Gasteiger partial charge >= 0.3 is 0 Å². The van der Waals surface area contributed by atoms with Crippen molar-refractivity contribution >= 4 is 23.2 Å². The minimum Gasteiger partial charge on any atom is -0.381 e. The fourth-order valence-corrected chi connectivity index (χ4v) is 2.86. The molecule has 1 aromatic carbocycles. The quantitative estimate of drug-likeness (QED) is 0.894. The molecule has 1 aliphatic heterocycles. The third kappa shape index (κ3) is 3.61. The number of likely N-dealkylation sites (N-methyl/N-ethyl adjacent to an activating group) is 1. The van der Waals surface area contributed by atoms with Crippen LogP contribution in [0.25, 0.3) is 0 Å². The molecule has 2 atom stereocenters. The van der Waals surface area contributed by atoms with Gasteiger partial charge < -0.3 is 10.1 Å². The lowest BCUT2D eigenvalue weighted by atomic mass is 9.93. The highest BCUT2D eigenvalue weighted by molar-refractivity contribution is 6.33. The molecule has 0 aliphatic carbocycles. The van der Waals surface area contributed by atoms with Crippen LogP contribution in [0.5, 0.6) is 0 Å². The van der Waals surface area contributed by atoms with Crippen molar-refractivity contribution in [3.63, 3.8) is 0 Å². The van der Waals surface area contributed by atoms with Gasteiger partial charge in [-0.05, 0) is 43.1 Å². The minimum atomic E-state index is 0.411. The predicted molar refractivity (Wildman–Crippen MR) is 76.6 cm³/mol. The lowest BCUT2D eigenvalue weighted by Crippen LogP contribution is -2.38. The SMILES string of the molecule is CCNC(Cc1cc(Cl)ccc1Cl)C1CCOC1. The average molecular weight is 288 g/mol. The number of hydrogen-bond donors (Lipinski definition) is 1. The van der Waals surface area contributed by atoms with Gasteiger partial charge in [-0.2, -0.15) is 0 Å². The number of hydrogen-bond acceptors (Lipinski definition) is 2. The van der Waals surface area contributed by atoms with Gasteiger partial charge in [0.1, 0.15) is 0 Å². The van der Waals surface area contributed by atoms with E-state index in [2.05, 4.69) is 12.2 Å². The molecule has 1 N–H and O–H groups in total. The molecule has 1 saturated heterocycles. The highest BCUT2D eigenvalue weighted by atomic mass is 35.5. The van der Waals surface area contributed by atoms with E-state index < -0.39 is 0 Å². The fraction of sp³-hybridized carbons (Fsp3) is 0.571. The van der Waals surface area contributed by atoms with E-state index in [4.69, 9.17) is 27.9 Å². The molecular weight excluding hydrogens is 269 g/mol. The van der Waals surface area contributed by atoms with E-state index in [1.165, 1.54) is 0 Å². The third-order valence-electron chi connectivity index (χ3n) is 3.45. The molecule has 1 fully saturated rings. The molecule has 2 rings (SSSR count). The van der Waals surface area contributed by atoms with Crippen molar-refractivity contribution in [2.24, 2.45) is 5.92 Å². The monoisotopic (exact) mass is 287 g/mol. The zero-order valence-electron chi connectivity index (χ0n) is 10.6. The Balaban J connectivity index is 2.09. The number of halogens is 2. The lowest BCUT2D eigenvalue weighted by Gasteiger charge is -2.24. The van der Waals surface area contributed by atoms with E-state index in [-0.39, 0.29) is 0 Å². The molecule has 4 heteroatoms. The Hall–Kier alpha value is -0.280. The molecule has 0 saturated carbocycles. The van der Waals surface area contributed by atoms with Gasteiger partial charge in [0.25, 0.3) is 0 Å². The number of nitrogens with one attached hydrogen (secondary N) is 1. The Kier molecular flexibility index (Phi) is 5.31. The molecule has 2 unspecified atom stereocenters. The molecule has 1 aliphatic rings. The van der Waals surface area contributed by atoms with Crippen molar-refractivity contribution < 1.29 is 4.74 Å².